The third kappa shape index (κ3) is 2.75. The monoisotopic (exact) mass is 318 g/mol. The van der Waals surface area contributed by atoms with E-state index < -0.39 is 0 Å². The standard InChI is InChI=1S/C17H19ClN2O2/c1-11-6-5-7-12(2)20(11)17(21)15-10-16(22-19-15)13-8-3-4-9-14(13)18/h3-4,8-12H,5-7H2,1-2H3. The summed E-state index contributed by atoms with van der Waals surface area (Å²) in [6, 6.07) is 9.51. The zero-order valence-corrected chi connectivity index (χ0v) is 13.5. The van der Waals surface area contributed by atoms with E-state index in [1.54, 1.807) is 12.1 Å². The third-order valence-electron chi connectivity index (χ3n) is 4.30. The molecule has 0 N–H and O–H groups in total. The average molecular weight is 319 g/mol. The molecule has 5 heteroatoms. The number of likely N-dealkylation sites (tertiary alicyclic amines) is 1. The van der Waals surface area contributed by atoms with Crippen LogP contribution < -0.4 is 0 Å². The molecule has 1 aliphatic rings. The molecule has 2 unspecified atom stereocenters. The maximum absolute atomic E-state index is 12.7. The molecule has 1 aliphatic heterocycles. The van der Waals surface area contributed by atoms with Crippen molar-refractivity contribution in [2.24, 2.45) is 0 Å². The second-order valence-electron chi connectivity index (χ2n) is 5.90. The number of amides is 1. The smallest absolute Gasteiger partial charge is 0.276 e. The van der Waals surface area contributed by atoms with Gasteiger partial charge in [0.25, 0.3) is 5.91 Å². The summed E-state index contributed by atoms with van der Waals surface area (Å²) < 4.78 is 5.33. The molecule has 1 amide bonds. The minimum atomic E-state index is -0.0678. The van der Waals surface area contributed by atoms with Crippen LogP contribution in [0.25, 0.3) is 11.3 Å². The number of benzene rings is 1. The van der Waals surface area contributed by atoms with E-state index in [4.69, 9.17) is 16.1 Å². The molecule has 3 rings (SSSR count). The van der Waals surface area contributed by atoms with E-state index in [1.807, 2.05) is 23.1 Å². The minimum absolute atomic E-state index is 0.0678. The molecular weight excluding hydrogens is 300 g/mol. The van der Waals surface area contributed by atoms with Crippen LogP contribution in [-0.4, -0.2) is 28.0 Å². The van der Waals surface area contributed by atoms with Crippen LogP contribution in [0.3, 0.4) is 0 Å². The summed E-state index contributed by atoms with van der Waals surface area (Å²) in [5.74, 6) is 0.452. The Kier molecular flexibility index (Phi) is 4.21. The topological polar surface area (TPSA) is 46.3 Å². The fourth-order valence-corrected chi connectivity index (χ4v) is 3.35. The number of hydrogen-bond donors (Lipinski definition) is 0. The molecule has 0 spiro atoms. The molecule has 0 bridgehead atoms. The van der Waals surface area contributed by atoms with Crippen LogP contribution in [0.2, 0.25) is 5.02 Å². The Bertz CT molecular complexity index is 673. The third-order valence-corrected chi connectivity index (χ3v) is 4.63. The molecule has 0 radical (unpaired) electrons. The van der Waals surface area contributed by atoms with Crippen LogP contribution in [-0.2, 0) is 0 Å². The van der Waals surface area contributed by atoms with Crippen molar-refractivity contribution in [2.45, 2.75) is 45.2 Å². The summed E-state index contributed by atoms with van der Waals surface area (Å²) in [6.07, 6.45) is 3.23. The molecule has 2 aromatic rings. The molecule has 1 fully saturated rings. The first-order valence-corrected chi connectivity index (χ1v) is 8.00. The maximum Gasteiger partial charge on any atom is 0.276 e. The first-order chi connectivity index (χ1) is 10.6. The van der Waals surface area contributed by atoms with E-state index in [0.29, 0.717) is 16.5 Å². The summed E-state index contributed by atoms with van der Waals surface area (Å²) in [5, 5.41) is 4.53. The van der Waals surface area contributed by atoms with Gasteiger partial charge in [-0.3, -0.25) is 4.79 Å². The highest BCUT2D eigenvalue weighted by Gasteiger charge is 2.31. The lowest BCUT2D eigenvalue weighted by molar-refractivity contribution is 0.0500. The van der Waals surface area contributed by atoms with Crippen LogP contribution in [0.1, 0.15) is 43.6 Å². The van der Waals surface area contributed by atoms with Crippen molar-refractivity contribution in [1.82, 2.24) is 10.1 Å². The predicted molar refractivity (Wildman–Crippen MR) is 85.9 cm³/mol. The SMILES string of the molecule is CC1CCCC(C)N1C(=O)c1cc(-c2ccccc2Cl)on1. The van der Waals surface area contributed by atoms with Gasteiger partial charge in [0.05, 0.1) is 5.02 Å². The molecule has 4 nitrogen and oxygen atoms in total. The summed E-state index contributed by atoms with van der Waals surface area (Å²) in [4.78, 5) is 14.6. The van der Waals surface area contributed by atoms with Crippen molar-refractivity contribution >= 4 is 17.5 Å². The number of nitrogens with zero attached hydrogens (tertiary/aromatic N) is 2. The van der Waals surface area contributed by atoms with E-state index >= 15 is 0 Å². The Morgan fingerprint density at radius 2 is 1.95 bits per heavy atom. The quantitative estimate of drug-likeness (QED) is 0.824. The number of carbonyl (C=O) groups is 1. The Morgan fingerprint density at radius 3 is 2.64 bits per heavy atom. The van der Waals surface area contributed by atoms with Gasteiger partial charge < -0.3 is 9.42 Å². The number of hydrogen-bond acceptors (Lipinski definition) is 3. The van der Waals surface area contributed by atoms with Crippen molar-refractivity contribution in [2.75, 3.05) is 0 Å². The van der Waals surface area contributed by atoms with Gasteiger partial charge in [0, 0.05) is 23.7 Å². The van der Waals surface area contributed by atoms with E-state index in [9.17, 15) is 4.79 Å². The Balaban J connectivity index is 1.87. The molecule has 1 aromatic heterocycles. The molecule has 22 heavy (non-hydrogen) atoms. The van der Waals surface area contributed by atoms with Gasteiger partial charge in [-0.25, -0.2) is 0 Å². The van der Waals surface area contributed by atoms with Gasteiger partial charge in [0.2, 0.25) is 0 Å². The number of piperidine rings is 1. The summed E-state index contributed by atoms with van der Waals surface area (Å²) in [6.45, 7) is 4.17. The molecule has 2 heterocycles. The highest BCUT2D eigenvalue weighted by molar-refractivity contribution is 6.33. The molecular formula is C17H19ClN2O2. The number of halogens is 1. The van der Waals surface area contributed by atoms with Crippen molar-refractivity contribution in [1.29, 1.82) is 0 Å². The fraction of sp³-hybridized carbons (Fsp3) is 0.412. The second kappa shape index (κ2) is 6.13. The number of carbonyl (C=O) groups excluding carboxylic acids is 1. The second-order valence-corrected chi connectivity index (χ2v) is 6.30. The van der Waals surface area contributed by atoms with Crippen LogP contribution in [0.4, 0.5) is 0 Å². The van der Waals surface area contributed by atoms with Gasteiger partial charge in [0.15, 0.2) is 11.5 Å². The molecule has 1 saturated heterocycles. The van der Waals surface area contributed by atoms with Crippen molar-refractivity contribution < 1.29 is 9.32 Å². The van der Waals surface area contributed by atoms with Crippen molar-refractivity contribution in [3.05, 3.63) is 41.0 Å². The Hall–Kier alpha value is -1.81. The summed E-state index contributed by atoms with van der Waals surface area (Å²) in [7, 11) is 0. The Morgan fingerprint density at radius 1 is 1.27 bits per heavy atom. The van der Waals surface area contributed by atoms with Crippen LogP contribution in [0.15, 0.2) is 34.9 Å². The number of aromatic nitrogens is 1. The van der Waals surface area contributed by atoms with Gasteiger partial charge >= 0.3 is 0 Å². The van der Waals surface area contributed by atoms with Crippen LogP contribution in [0.5, 0.6) is 0 Å². The summed E-state index contributed by atoms with van der Waals surface area (Å²) >= 11 is 6.16. The van der Waals surface area contributed by atoms with Crippen molar-refractivity contribution in [3.63, 3.8) is 0 Å². The first kappa shape index (κ1) is 15.1. The normalized spacial score (nSPS) is 21.9. The van der Waals surface area contributed by atoms with E-state index in [-0.39, 0.29) is 18.0 Å². The van der Waals surface area contributed by atoms with E-state index in [1.165, 1.54) is 0 Å². The van der Waals surface area contributed by atoms with E-state index in [0.717, 1.165) is 24.8 Å². The minimum Gasteiger partial charge on any atom is -0.355 e. The predicted octanol–water partition coefficient (Wildman–Crippen LogP) is 4.40. The first-order valence-electron chi connectivity index (χ1n) is 7.62. The lowest BCUT2D eigenvalue weighted by atomic mass is 9.97. The van der Waals surface area contributed by atoms with Gasteiger partial charge in [-0.2, -0.15) is 0 Å². The highest BCUT2D eigenvalue weighted by Crippen LogP contribution is 2.29. The summed E-state index contributed by atoms with van der Waals surface area (Å²) in [5.41, 5.74) is 1.09. The molecule has 0 saturated carbocycles. The molecule has 1 aromatic carbocycles. The lowest BCUT2D eigenvalue weighted by Gasteiger charge is -2.38. The molecule has 2 atom stereocenters. The van der Waals surface area contributed by atoms with Gasteiger partial charge in [-0.15, -0.1) is 0 Å². The zero-order valence-electron chi connectivity index (χ0n) is 12.8. The van der Waals surface area contributed by atoms with Gasteiger partial charge in [-0.1, -0.05) is 28.9 Å². The largest absolute Gasteiger partial charge is 0.355 e. The Labute approximate surface area is 135 Å². The highest BCUT2D eigenvalue weighted by atomic mass is 35.5. The maximum atomic E-state index is 12.7. The zero-order chi connectivity index (χ0) is 15.7. The average Bonchev–Trinajstić information content (AvgIpc) is 2.97. The number of rotatable bonds is 2. The lowest BCUT2D eigenvalue weighted by Crippen LogP contribution is -2.47. The van der Waals surface area contributed by atoms with Crippen LogP contribution >= 0.6 is 11.6 Å². The van der Waals surface area contributed by atoms with E-state index in [2.05, 4.69) is 19.0 Å². The van der Waals surface area contributed by atoms with Gasteiger partial charge in [-0.05, 0) is 45.2 Å². The molecule has 116 valence electrons. The molecule has 0 aliphatic carbocycles. The van der Waals surface area contributed by atoms with Gasteiger partial charge in [0.1, 0.15) is 0 Å². The van der Waals surface area contributed by atoms with Crippen molar-refractivity contribution in [3.8, 4) is 11.3 Å². The fourth-order valence-electron chi connectivity index (χ4n) is 3.12. The van der Waals surface area contributed by atoms with Crippen LogP contribution in [0, 0.1) is 0 Å².